The first-order valence-corrected chi connectivity index (χ1v) is 16.6. The van der Waals surface area contributed by atoms with Crippen LogP contribution in [0.4, 0.5) is 11.4 Å². The predicted octanol–water partition coefficient (Wildman–Crippen LogP) is 6.33. The second-order valence-electron chi connectivity index (χ2n) is 9.52. The number of halogens is 1. The summed E-state index contributed by atoms with van der Waals surface area (Å²) >= 11 is 6.24. The average molecular weight is 626 g/mol. The number of anilines is 2. The van der Waals surface area contributed by atoms with E-state index in [-0.39, 0.29) is 22.2 Å². The molecule has 0 radical (unpaired) electrons. The molecule has 4 aromatic rings. The number of nitrogens with one attached hydrogen (secondary N) is 1. The van der Waals surface area contributed by atoms with E-state index in [1.807, 2.05) is 6.92 Å². The minimum Gasteiger partial charge on any atom is -0.322 e. The van der Waals surface area contributed by atoms with Crippen LogP contribution in [0.2, 0.25) is 5.02 Å². The van der Waals surface area contributed by atoms with Crippen LogP contribution in [0.15, 0.2) is 107 Å². The van der Waals surface area contributed by atoms with Crippen LogP contribution in [0.25, 0.3) is 0 Å². The Labute approximate surface area is 252 Å². The second-order valence-corrected chi connectivity index (χ2v) is 13.8. The molecule has 4 rings (SSSR count). The number of hydrogen-bond donors (Lipinski definition) is 1. The maximum absolute atomic E-state index is 13.7. The largest absolute Gasteiger partial charge is 0.322 e. The maximum Gasteiger partial charge on any atom is 0.264 e. The summed E-state index contributed by atoms with van der Waals surface area (Å²) in [5.41, 5.74) is 2.66. The third-order valence-corrected chi connectivity index (χ3v) is 10.8. The van der Waals surface area contributed by atoms with Gasteiger partial charge in [-0.1, -0.05) is 61.8 Å². The zero-order chi connectivity index (χ0) is 30.5. The molecule has 42 heavy (non-hydrogen) atoms. The van der Waals surface area contributed by atoms with E-state index in [4.69, 9.17) is 11.6 Å². The lowest BCUT2D eigenvalue weighted by atomic mass is 10.1. The molecule has 0 heterocycles. The van der Waals surface area contributed by atoms with Gasteiger partial charge in [0.25, 0.3) is 15.9 Å². The summed E-state index contributed by atoms with van der Waals surface area (Å²) in [7, 11) is -7.53. The van der Waals surface area contributed by atoms with Crippen molar-refractivity contribution < 1.29 is 21.6 Å². The molecule has 0 bridgehead atoms. The molecule has 1 N–H and O–H groups in total. The van der Waals surface area contributed by atoms with Gasteiger partial charge in [-0.25, -0.2) is 16.8 Å². The van der Waals surface area contributed by atoms with Gasteiger partial charge in [-0.05, 0) is 78.7 Å². The van der Waals surface area contributed by atoms with Gasteiger partial charge >= 0.3 is 0 Å². The molecule has 0 aliphatic rings. The van der Waals surface area contributed by atoms with E-state index >= 15 is 0 Å². The van der Waals surface area contributed by atoms with Gasteiger partial charge in [0.1, 0.15) is 0 Å². The Kier molecular flexibility index (Phi) is 9.73. The van der Waals surface area contributed by atoms with Crippen LogP contribution in [0, 0.1) is 6.92 Å². The molecule has 0 aliphatic heterocycles. The van der Waals surface area contributed by atoms with E-state index in [1.54, 1.807) is 98.8 Å². The Morgan fingerprint density at radius 2 is 1.36 bits per heavy atom. The number of nitrogens with zero attached hydrogens (tertiary/aromatic N) is 2. The molecule has 1 amide bonds. The summed E-state index contributed by atoms with van der Waals surface area (Å²) in [6.45, 7) is 6.11. The number of amides is 1. The van der Waals surface area contributed by atoms with Gasteiger partial charge < -0.3 is 5.32 Å². The van der Waals surface area contributed by atoms with Gasteiger partial charge in [0.05, 0.1) is 22.0 Å². The van der Waals surface area contributed by atoms with Crippen LogP contribution >= 0.6 is 11.6 Å². The topological polar surface area (TPSA) is 104 Å². The Hall–Kier alpha value is -3.70. The predicted molar refractivity (Wildman–Crippen MR) is 167 cm³/mol. The summed E-state index contributed by atoms with van der Waals surface area (Å²) in [4.78, 5) is 13.2. The van der Waals surface area contributed by atoms with Crippen molar-refractivity contribution in [2.24, 2.45) is 0 Å². The van der Waals surface area contributed by atoms with Crippen LogP contribution in [0.1, 0.15) is 35.3 Å². The van der Waals surface area contributed by atoms with Gasteiger partial charge in [-0.3, -0.25) is 9.10 Å². The monoisotopic (exact) mass is 625 g/mol. The van der Waals surface area contributed by atoms with Crippen molar-refractivity contribution in [3.8, 4) is 0 Å². The quantitative estimate of drug-likeness (QED) is 0.210. The summed E-state index contributed by atoms with van der Waals surface area (Å²) in [5.74, 6) is -0.389. The molecule has 0 spiro atoms. The highest BCUT2D eigenvalue weighted by atomic mass is 35.5. The van der Waals surface area contributed by atoms with Crippen molar-refractivity contribution in [3.05, 3.63) is 119 Å². The molecule has 0 saturated heterocycles. The number of hydrogen-bond acceptors (Lipinski definition) is 5. The van der Waals surface area contributed by atoms with Crippen LogP contribution in [0.3, 0.4) is 0 Å². The molecule has 0 saturated carbocycles. The van der Waals surface area contributed by atoms with Gasteiger partial charge in [0.2, 0.25) is 10.0 Å². The lowest BCUT2D eigenvalue weighted by molar-refractivity contribution is 0.102. The number of benzene rings is 4. The first-order valence-electron chi connectivity index (χ1n) is 13.3. The highest BCUT2D eigenvalue weighted by Gasteiger charge is 2.27. The summed E-state index contributed by atoms with van der Waals surface area (Å²) in [6, 6.07) is 25.9. The van der Waals surface area contributed by atoms with Crippen LogP contribution < -0.4 is 9.62 Å². The van der Waals surface area contributed by atoms with Crippen molar-refractivity contribution >= 4 is 48.9 Å². The summed E-state index contributed by atoms with van der Waals surface area (Å²) < 4.78 is 55.5. The number of rotatable bonds is 11. The van der Waals surface area contributed by atoms with Crippen molar-refractivity contribution in [2.45, 2.75) is 37.1 Å². The van der Waals surface area contributed by atoms with Crippen LogP contribution in [-0.2, 0) is 26.6 Å². The van der Waals surface area contributed by atoms with Crippen molar-refractivity contribution in [1.82, 2.24) is 4.31 Å². The van der Waals surface area contributed by atoms with E-state index in [0.717, 1.165) is 5.56 Å². The molecule has 11 heteroatoms. The number of aryl methyl sites for hydroxylation is 1. The zero-order valence-corrected chi connectivity index (χ0v) is 25.9. The molecule has 0 fully saturated rings. The number of sulfonamides is 2. The normalized spacial score (nSPS) is 11.8. The van der Waals surface area contributed by atoms with Crippen molar-refractivity contribution in [2.75, 3.05) is 22.7 Å². The van der Waals surface area contributed by atoms with E-state index in [2.05, 4.69) is 5.32 Å². The smallest absolute Gasteiger partial charge is 0.264 e. The molecular formula is C31H32ClN3O5S2. The number of carbonyl (C=O) groups is 1. The van der Waals surface area contributed by atoms with E-state index in [9.17, 15) is 21.6 Å². The van der Waals surface area contributed by atoms with Gasteiger partial charge in [-0.2, -0.15) is 4.31 Å². The summed E-state index contributed by atoms with van der Waals surface area (Å²) in [6.07, 6.45) is 0. The highest BCUT2D eigenvalue weighted by molar-refractivity contribution is 7.92. The lowest BCUT2D eigenvalue weighted by Gasteiger charge is -2.26. The minimum absolute atomic E-state index is 0.0166. The van der Waals surface area contributed by atoms with E-state index in [1.165, 1.54) is 20.7 Å². The number of carbonyl (C=O) groups excluding carboxylic acids is 1. The van der Waals surface area contributed by atoms with E-state index in [0.29, 0.717) is 40.6 Å². The Morgan fingerprint density at radius 3 is 1.95 bits per heavy atom. The molecule has 0 atom stereocenters. The molecule has 0 aromatic heterocycles. The lowest BCUT2D eigenvalue weighted by Crippen LogP contribution is -2.31. The Balaban J connectivity index is 1.54. The van der Waals surface area contributed by atoms with Crippen LogP contribution in [-0.4, -0.2) is 40.1 Å². The SMILES string of the molecule is CCN(CC)S(=O)(=O)c1ccc(NC(=O)c2ccc(CN(c3cc(Cl)ccc3C)S(=O)(=O)c3ccccc3)cc2)cc1. The summed E-state index contributed by atoms with van der Waals surface area (Å²) in [5, 5.41) is 3.18. The van der Waals surface area contributed by atoms with Gasteiger partial charge in [0.15, 0.2) is 0 Å². The molecule has 8 nitrogen and oxygen atoms in total. The Morgan fingerprint density at radius 1 is 0.762 bits per heavy atom. The molecule has 0 aliphatic carbocycles. The van der Waals surface area contributed by atoms with E-state index < -0.39 is 20.0 Å². The molecule has 220 valence electrons. The van der Waals surface area contributed by atoms with Crippen molar-refractivity contribution in [3.63, 3.8) is 0 Å². The highest BCUT2D eigenvalue weighted by Crippen LogP contribution is 2.31. The average Bonchev–Trinajstić information content (AvgIpc) is 2.98. The first kappa shape index (κ1) is 31.2. The third-order valence-electron chi connectivity index (χ3n) is 6.77. The third kappa shape index (κ3) is 6.84. The fourth-order valence-corrected chi connectivity index (χ4v) is 7.58. The molecule has 4 aromatic carbocycles. The van der Waals surface area contributed by atoms with Gasteiger partial charge in [-0.15, -0.1) is 0 Å². The van der Waals surface area contributed by atoms with Crippen molar-refractivity contribution in [1.29, 1.82) is 0 Å². The van der Waals surface area contributed by atoms with Gasteiger partial charge in [0, 0.05) is 29.4 Å². The molecule has 0 unspecified atom stereocenters. The van der Waals surface area contributed by atoms with Crippen LogP contribution in [0.5, 0.6) is 0 Å². The fraction of sp³-hybridized carbons (Fsp3) is 0.194. The second kappa shape index (κ2) is 13.1. The maximum atomic E-state index is 13.7. The minimum atomic E-state index is -3.93. The Bertz CT molecular complexity index is 1760. The molecular weight excluding hydrogens is 594 g/mol. The first-order chi connectivity index (χ1) is 20.0. The standard InChI is InChI=1S/C31H32ClN3O5S2/c1-4-34(5-2)41(37,38)29-19-17-27(18-20-29)33-31(36)25-14-12-24(13-15-25)22-35(30-21-26(32)16-11-23(30)3)42(39,40)28-9-7-6-8-10-28/h6-21H,4-5,22H2,1-3H3,(H,33,36). The zero-order valence-electron chi connectivity index (χ0n) is 23.5. The fourth-order valence-electron chi connectivity index (χ4n) is 4.42.